The second-order valence-corrected chi connectivity index (χ2v) is 16.7. The molecule has 1 aliphatic carbocycles. The van der Waals surface area contributed by atoms with Crippen molar-refractivity contribution in [3.8, 4) is 34.5 Å². The lowest BCUT2D eigenvalue weighted by Crippen LogP contribution is -2.63. The van der Waals surface area contributed by atoms with E-state index in [0.29, 0.717) is 28.2 Å². The van der Waals surface area contributed by atoms with E-state index in [0.717, 1.165) is 30.1 Å². The molecule has 3 aromatic rings. The Bertz CT molecular complexity index is 2440. The van der Waals surface area contributed by atoms with Crippen LogP contribution in [0, 0.1) is 22.0 Å². The van der Waals surface area contributed by atoms with Gasteiger partial charge in [-0.1, -0.05) is 0 Å². The summed E-state index contributed by atoms with van der Waals surface area (Å²) in [5.74, 6) is -4.91. The third-order valence-electron chi connectivity index (χ3n) is 12.8. The van der Waals surface area contributed by atoms with Gasteiger partial charge in [0.2, 0.25) is 18.8 Å². The summed E-state index contributed by atoms with van der Waals surface area (Å²) in [6.45, 7) is 1.49. The Morgan fingerprint density at radius 3 is 2.15 bits per heavy atom. The van der Waals surface area contributed by atoms with E-state index >= 15 is 0 Å². The van der Waals surface area contributed by atoms with Gasteiger partial charge in [0.05, 0.1) is 50.1 Å². The highest BCUT2D eigenvalue weighted by Crippen LogP contribution is 2.57. The van der Waals surface area contributed by atoms with Gasteiger partial charge in [0.1, 0.15) is 48.5 Å². The van der Waals surface area contributed by atoms with Crippen LogP contribution in [-0.4, -0.2) is 163 Å². The monoisotopic (exact) mass is 958 g/mol. The van der Waals surface area contributed by atoms with Crippen LogP contribution < -0.4 is 33.3 Å². The summed E-state index contributed by atoms with van der Waals surface area (Å²) in [6.07, 6.45) is -19.0. The molecule has 1 amide bonds. The number of hydrogen-bond donors (Lipinski definition) is 6. The lowest BCUT2D eigenvalue weighted by atomic mass is 9.66. The minimum atomic E-state index is -2.05. The molecule has 4 fully saturated rings. The van der Waals surface area contributed by atoms with E-state index in [9.17, 15) is 55.1 Å². The van der Waals surface area contributed by atoms with Gasteiger partial charge in [-0.3, -0.25) is 19.8 Å². The summed E-state index contributed by atoms with van der Waals surface area (Å²) in [6, 6.07) is 9.34. The van der Waals surface area contributed by atoms with Gasteiger partial charge in [0, 0.05) is 31.0 Å². The van der Waals surface area contributed by atoms with Crippen molar-refractivity contribution in [2.24, 2.45) is 11.8 Å². The molecule has 15 atom stereocenters. The van der Waals surface area contributed by atoms with Crippen molar-refractivity contribution >= 4 is 29.4 Å². The highest BCUT2D eigenvalue weighted by atomic mass is 16.8. The molecule has 68 heavy (non-hydrogen) atoms. The number of aliphatic carboxylic acids is 1. The van der Waals surface area contributed by atoms with E-state index < -0.39 is 120 Å². The molecule has 5 aliphatic heterocycles. The van der Waals surface area contributed by atoms with Crippen LogP contribution in [0.4, 0.5) is 16.2 Å². The Kier molecular flexibility index (Phi) is 12.7. The van der Waals surface area contributed by atoms with Crippen molar-refractivity contribution in [1.82, 2.24) is 0 Å². The number of carboxylic acids is 1. The number of ether oxygens (including phenoxy) is 12. The largest absolute Gasteiger partial charge is 0.493 e. The zero-order valence-electron chi connectivity index (χ0n) is 36.3. The number of nitro groups is 1. The predicted molar refractivity (Wildman–Crippen MR) is 219 cm³/mol. The average Bonchev–Trinajstić information content (AvgIpc) is 3.95. The minimum Gasteiger partial charge on any atom is -0.493 e. The maximum atomic E-state index is 14.0. The van der Waals surface area contributed by atoms with Crippen molar-refractivity contribution in [2.45, 2.75) is 86.6 Å². The molecule has 6 N–H and O–H groups in total. The molecule has 5 heterocycles. The number of non-ortho nitro benzene ring substituents is 1. The molecular formula is C43H46N2O23. The number of amides is 1. The molecule has 0 saturated carbocycles. The minimum absolute atomic E-state index is 0.0518. The summed E-state index contributed by atoms with van der Waals surface area (Å²) >= 11 is 0. The number of nitrogens with zero attached hydrogens (tertiary/aromatic N) is 2. The molecule has 0 bridgehead atoms. The molecule has 366 valence electrons. The summed E-state index contributed by atoms with van der Waals surface area (Å²) in [5.41, 5.74) is 0.550. The fourth-order valence-corrected chi connectivity index (χ4v) is 9.33. The van der Waals surface area contributed by atoms with E-state index in [1.807, 2.05) is 0 Å². The van der Waals surface area contributed by atoms with E-state index in [4.69, 9.17) is 56.8 Å². The lowest BCUT2D eigenvalue weighted by molar-refractivity contribution is -0.384. The van der Waals surface area contributed by atoms with Crippen LogP contribution in [0.1, 0.15) is 35.6 Å². The number of esters is 1. The van der Waals surface area contributed by atoms with Gasteiger partial charge >= 0.3 is 18.0 Å². The van der Waals surface area contributed by atoms with Crippen molar-refractivity contribution < 1.29 is 107 Å². The molecule has 25 nitrogen and oxygen atoms in total. The van der Waals surface area contributed by atoms with Crippen molar-refractivity contribution in [2.75, 3.05) is 46.2 Å². The number of carbonyl (C=O) groups is 3. The number of cyclic esters (lactones) is 1. The van der Waals surface area contributed by atoms with Crippen LogP contribution in [-0.2, 0) is 38.0 Å². The van der Waals surface area contributed by atoms with Gasteiger partial charge in [-0.2, -0.15) is 0 Å². The van der Waals surface area contributed by atoms with Gasteiger partial charge in [-0.15, -0.1) is 0 Å². The molecular weight excluding hydrogens is 912 g/mol. The number of aliphatic hydroxyl groups excluding tert-OH is 5. The van der Waals surface area contributed by atoms with Crippen molar-refractivity contribution in [3.05, 3.63) is 69.3 Å². The van der Waals surface area contributed by atoms with E-state index in [-0.39, 0.29) is 48.7 Å². The zero-order valence-corrected chi connectivity index (χ0v) is 36.3. The molecule has 6 unspecified atom stereocenters. The highest BCUT2D eigenvalue weighted by molar-refractivity contribution is 5.92. The number of anilines is 1. The van der Waals surface area contributed by atoms with Crippen LogP contribution in [0.3, 0.4) is 0 Å². The Hall–Kier alpha value is -6.13. The second-order valence-electron chi connectivity index (χ2n) is 16.7. The number of hydrogen-bond acceptors (Lipinski definition) is 22. The predicted octanol–water partition coefficient (Wildman–Crippen LogP) is 0.447. The second kappa shape index (κ2) is 18.4. The van der Waals surface area contributed by atoms with Crippen molar-refractivity contribution in [3.63, 3.8) is 0 Å². The van der Waals surface area contributed by atoms with Crippen LogP contribution in [0.2, 0.25) is 0 Å². The van der Waals surface area contributed by atoms with Crippen LogP contribution in [0.25, 0.3) is 0 Å². The van der Waals surface area contributed by atoms with Crippen LogP contribution >= 0.6 is 0 Å². The number of methoxy groups -OCH3 is 2. The van der Waals surface area contributed by atoms with Gasteiger partial charge in [0.15, 0.2) is 41.7 Å². The lowest BCUT2D eigenvalue weighted by Gasteiger charge is -2.47. The molecule has 0 spiro atoms. The fraction of sp³-hybridized carbons (Fsp3) is 0.512. The summed E-state index contributed by atoms with van der Waals surface area (Å²) in [4.78, 5) is 51.5. The van der Waals surface area contributed by atoms with Gasteiger partial charge < -0.3 is 87.5 Å². The first kappa shape index (κ1) is 47.0. The number of aliphatic hydroxyl groups is 5. The summed E-state index contributed by atoms with van der Waals surface area (Å²) < 4.78 is 69.3. The quantitative estimate of drug-likeness (QED) is 0.0863. The number of fused-ring (bicyclic) bond motifs is 4. The molecule has 4 saturated heterocycles. The van der Waals surface area contributed by atoms with E-state index in [1.165, 1.54) is 26.4 Å². The molecule has 0 radical (unpaired) electrons. The SMILES string of the molecule is COc1cc([C@@H]2c3cc4c(cc3C(O[C@@H]3OC5COC(C)O[C@H]5C(O)[C@@H]3O)[C@H]3COC(=O)[C@H]23)OCO4)cc(OC)c1OC(=O)N(C)c1cc([N+](=O)[O-])ccc1O[C@@H]1OC(C(=O)O)[C@@H](O)C(O)[C@@H]1O. The average molecular weight is 959 g/mol. The summed E-state index contributed by atoms with van der Waals surface area (Å²) in [5, 5.41) is 74.8. The van der Waals surface area contributed by atoms with Crippen LogP contribution in [0.5, 0.6) is 34.5 Å². The number of benzene rings is 3. The Labute approximate surface area is 384 Å². The third-order valence-corrected chi connectivity index (χ3v) is 12.8. The first-order valence-electron chi connectivity index (χ1n) is 21.1. The maximum Gasteiger partial charge on any atom is 0.419 e. The molecule has 6 aliphatic rings. The highest BCUT2D eigenvalue weighted by Gasteiger charge is 2.56. The Morgan fingerprint density at radius 1 is 0.809 bits per heavy atom. The number of carbonyl (C=O) groups excluding carboxylic acids is 2. The fourth-order valence-electron chi connectivity index (χ4n) is 9.33. The third kappa shape index (κ3) is 8.22. The molecule has 3 aromatic carbocycles. The normalized spacial score (nSPS) is 33.5. The van der Waals surface area contributed by atoms with Gasteiger partial charge in [0.25, 0.3) is 5.69 Å². The van der Waals surface area contributed by atoms with Gasteiger partial charge in [-0.05, 0) is 53.9 Å². The first-order valence-corrected chi connectivity index (χ1v) is 21.1. The smallest absolute Gasteiger partial charge is 0.419 e. The Morgan fingerprint density at radius 2 is 1.49 bits per heavy atom. The van der Waals surface area contributed by atoms with E-state index in [1.54, 1.807) is 19.1 Å². The zero-order chi connectivity index (χ0) is 48.5. The van der Waals surface area contributed by atoms with Crippen LogP contribution in [0.15, 0.2) is 42.5 Å². The van der Waals surface area contributed by atoms with E-state index in [2.05, 4.69) is 0 Å². The first-order chi connectivity index (χ1) is 32.5. The number of nitro benzene ring substituents is 1. The topological polar surface area (TPSA) is 330 Å². The molecule has 0 aromatic heterocycles. The molecule has 9 rings (SSSR count). The molecule has 25 heteroatoms. The standard InChI is InChI=1S/C43H46N2O23/c1-15-59-13-27-37(63-15)32(48)34(50)42(65-27)66-35-19-11-24-23(61-14-62-24)10-18(19)28(29-20(35)12-60-40(29)53)16-7-25(57-3)36(26(8-16)58-4)68-43(54)44(2)21-9-17(45(55)56)5-6-22(21)64-41-33(49)30(46)31(47)38(67-41)39(51)52/h5-11,15,20,27-35,37-38,41-42,46-50H,12-14H2,1-4H3,(H,51,52)/t15?,20-,27?,28+,29-,30?,31-,32?,33-,34-,35?,37+,38?,41+,42-/m0/s1. The van der Waals surface area contributed by atoms with Crippen molar-refractivity contribution in [1.29, 1.82) is 0 Å². The number of carboxylic acid groups (broad SMARTS) is 1. The van der Waals surface area contributed by atoms with Gasteiger partial charge in [-0.25, -0.2) is 9.59 Å². The number of rotatable bonds is 11. The Balaban J connectivity index is 1.04. The summed E-state index contributed by atoms with van der Waals surface area (Å²) in [7, 11) is 3.70. The maximum absolute atomic E-state index is 14.0.